The third-order valence-electron chi connectivity index (χ3n) is 3.73. The predicted octanol–water partition coefficient (Wildman–Crippen LogP) is 4.04. The lowest BCUT2D eigenvalue weighted by atomic mass is 9.93. The van der Waals surface area contributed by atoms with Gasteiger partial charge in [-0.15, -0.1) is 0 Å². The van der Waals surface area contributed by atoms with Gasteiger partial charge in [0.25, 0.3) is 0 Å². The van der Waals surface area contributed by atoms with Gasteiger partial charge in [-0.1, -0.05) is 0 Å². The van der Waals surface area contributed by atoms with Crippen LogP contribution in [0.25, 0.3) is 0 Å². The lowest BCUT2D eigenvalue weighted by molar-refractivity contribution is 0.281. The third kappa shape index (κ3) is 2.61. The quantitative estimate of drug-likeness (QED) is 0.839. The fourth-order valence-electron chi connectivity index (χ4n) is 1.97. The highest BCUT2D eigenvalue weighted by Gasteiger charge is 2.24. The molecule has 0 unspecified atom stereocenters. The predicted molar refractivity (Wildman–Crippen MR) is 75.4 cm³/mol. The third-order valence-corrected chi connectivity index (χ3v) is 5.19. The van der Waals surface area contributed by atoms with Crippen LogP contribution < -0.4 is 5.09 Å². The smallest absolute Gasteiger partial charge is 0.296 e. The molecule has 0 saturated carbocycles. The topological polar surface area (TPSA) is 47.6 Å². The van der Waals surface area contributed by atoms with Crippen LogP contribution in [0.5, 0.6) is 0 Å². The normalized spacial score (nSPS) is 11.7. The zero-order valence-corrected chi connectivity index (χ0v) is 13.1. The van der Waals surface area contributed by atoms with Gasteiger partial charge in [0.15, 0.2) is 0 Å². The first-order valence-electron chi connectivity index (χ1n) is 5.84. The van der Waals surface area contributed by atoms with Crippen molar-refractivity contribution in [3.05, 3.63) is 27.8 Å². The molecule has 1 aromatic rings. The van der Waals surface area contributed by atoms with Crippen molar-refractivity contribution < 1.29 is 13.6 Å². The highest BCUT2D eigenvalue weighted by molar-refractivity contribution is 7.55. The summed E-state index contributed by atoms with van der Waals surface area (Å²) < 4.78 is 22.0. The molecule has 0 spiro atoms. The number of rotatable bonds is 4. The molecule has 1 aromatic carbocycles. The van der Waals surface area contributed by atoms with E-state index in [9.17, 15) is 4.57 Å². The largest absolute Gasteiger partial charge is 0.432 e. The van der Waals surface area contributed by atoms with E-state index in [1.807, 2.05) is 13.8 Å². The van der Waals surface area contributed by atoms with E-state index in [0.717, 1.165) is 16.8 Å². The molecule has 1 rings (SSSR count). The summed E-state index contributed by atoms with van der Waals surface area (Å²) >= 11 is 0. The zero-order chi connectivity index (χ0) is 14.1. The van der Waals surface area contributed by atoms with E-state index >= 15 is 0 Å². The summed E-state index contributed by atoms with van der Waals surface area (Å²) in [6.07, 6.45) is 0. The van der Waals surface area contributed by atoms with Gasteiger partial charge in [-0.2, -0.15) is 0 Å². The Morgan fingerprint density at radius 2 is 1.11 bits per heavy atom. The highest BCUT2D eigenvalue weighted by atomic mass is 31.2. The number of nitrogens with one attached hydrogen (secondary N) is 1. The van der Waals surface area contributed by atoms with Crippen LogP contribution in [0.3, 0.4) is 0 Å². The first-order valence-corrected chi connectivity index (χ1v) is 7.38. The molecule has 4 nitrogen and oxygen atoms in total. The van der Waals surface area contributed by atoms with Crippen LogP contribution in [0.4, 0.5) is 5.69 Å². The Labute approximate surface area is 109 Å². The second-order valence-corrected chi connectivity index (χ2v) is 6.42. The van der Waals surface area contributed by atoms with Crippen LogP contribution in [-0.2, 0) is 13.6 Å². The van der Waals surface area contributed by atoms with Gasteiger partial charge in [0.1, 0.15) is 0 Å². The average Bonchev–Trinajstić information content (AvgIpc) is 2.39. The molecule has 0 atom stereocenters. The first-order chi connectivity index (χ1) is 8.27. The van der Waals surface area contributed by atoms with Crippen LogP contribution >= 0.6 is 7.75 Å². The van der Waals surface area contributed by atoms with E-state index in [1.54, 1.807) is 0 Å². The molecular formula is C13H22NO3P. The Morgan fingerprint density at radius 1 is 0.778 bits per heavy atom. The summed E-state index contributed by atoms with van der Waals surface area (Å²) in [4.78, 5) is 0. The fourth-order valence-corrected chi connectivity index (χ4v) is 2.91. The Morgan fingerprint density at radius 3 is 1.44 bits per heavy atom. The Bertz CT molecular complexity index is 474. The summed E-state index contributed by atoms with van der Waals surface area (Å²) in [6, 6.07) is 0. The molecule has 0 fully saturated rings. The second kappa shape index (κ2) is 5.43. The maximum absolute atomic E-state index is 12.2. The minimum absolute atomic E-state index is 0.836. The maximum Gasteiger partial charge on any atom is 0.432 e. The van der Waals surface area contributed by atoms with Crippen molar-refractivity contribution >= 4 is 13.4 Å². The van der Waals surface area contributed by atoms with Gasteiger partial charge in [0, 0.05) is 19.9 Å². The van der Waals surface area contributed by atoms with Crippen molar-refractivity contribution in [1.29, 1.82) is 0 Å². The molecular weight excluding hydrogens is 249 g/mol. The maximum atomic E-state index is 12.2. The molecule has 0 saturated heterocycles. The van der Waals surface area contributed by atoms with Crippen molar-refractivity contribution in [2.45, 2.75) is 34.6 Å². The standard InChI is InChI=1S/C13H22NO3P/c1-8-9(2)11(4)13(12(5)10(8)3)14-18(15,16-6)17-7/h1-7H3,(H,14,15). The Balaban J connectivity index is 3.39. The molecule has 18 heavy (non-hydrogen) atoms. The molecule has 0 amide bonds. The Hall–Kier alpha value is -0.830. The molecule has 102 valence electrons. The van der Waals surface area contributed by atoms with E-state index in [-0.39, 0.29) is 0 Å². The molecule has 0 heterocycles. The number of anilines is 1. The van der Waals surface area contributed by atoms with Crippen LogP contribution in [0.2, 0.25) is 0 Å². The number of hydrogen-bond donors (Lipinski definition) is 1. The van der Waals surface area contributed by atoms with Gasteiger partial charge < -0.3 is 0 Å². The van der Waals surface area contributed by atoms with Gasteiger partial charge in [-0.25, -0.2) is 4.57 Å². The summed E-state index contributed by atoms with van der Waals surface area (Å²) in [5.41, 5.74) is 6.64. The van der Waals surface area contributed by atoms with Crippen LogP contribution in [0.1, 0.15) is 27.8 Å². The van der Waals surface area contributed by atoms with Gasteiger partial charge in [0.2, 0.25) is 0 Å². The van der Waals surface area contributed by atoms with Crippen LogP contribution in [-0.4, -0.2) is 14.2 Å². The van der Waals surface area contributed by atoms with Crippen molar-refractivity contribution in [3.63, 3.8) is 0 Å². The summed E-state index contributed by atoms with van der Waals surface area (Å²) in [6.45, 7) is 10.2. The lowest BCUT2D eigenvalue weighted by Crippen LogP contribution is -2.07. The number of benzene rings is 1. The molecule has 0 bridgehead atoms. The second-order valence-electron chi connectivity index (χ2n) is 4.47. The molecule has 0 radical (unpaired) electrons. The SMILES string of the molecule is COP(=O)(Nc1c(C)c(C)c(C)c(C)c1C)OC. The van der Waals surface area contributed by atoms with Crippen LogP contribution in [0, 0.1) is 34.6 Å². The van der Waals surface area contributed by atoms with Crippen molar-refractivity contribution in [2.24, 2.45) is 0 Å². The molecule has 0 aliphatic heterocycles. The average molecular weight is 271 g/mol. The fraction of sp³-hybridized carbons (Fsp3) is 0.538. The molecule has 5 heteroatoms. The highest BCUT2D eigenvalue weighted by Crippen LogP contribution is 2.48. The van der Waals surface area contributed by atoms with Crippen LogP contribution in [0.15, 0.2) is 0 Å². The molecule has 0 aliphatic rings. The summed E-state index contributed by atoms with van der Waals surface area (Å²) in [5, 5.41) is 2.91. The number of hydrogen-bond acceptors (Lipinski definition) is 3. The van der Waals surface area contributed by atoms with Gasteiger partial charge in [-0.05, 0) is 62.4 Å². The zero-order valence-electron chi connectivity index (χ0n) is 12.2. The minimum atomic E-state index is -3.26. The molecule has 1 N–H and O–H groups in total. The first kappa shape index (κ1) is 15.2. The summed E-state index contributed by atoms with van der Waals surface area (Å²) in [5.74, 6) is 0. The van der Waals surface area contributed by atoms with E-state index in [0.29, 0.717) is 0 Å². The van der Waals surface area contributed by atoms with E-state index in [4.69, 9.17) is 9.05 Å². The summed E-state index contributed by atoms with van der Waals surface area (Å²) in [7, 11) is -0.520. The monoisotopic (exact) mass is 271 g/mol. The van der Waals surface area contributed by atoms with Crippen molar-refractivity contribution in [2.75, 3.05) is 19.3 Å². The lowest BCUT2D eigenvalue weighted by Gasteiger charge is -2.23. The molecule has 0 aliphatic carbocycles. The van der Waals surface area contributed by atoms with Gasteiger partial charge in [0.05, 0.1) is 0 Å². The van der Waals surface area contributed by atoms with E-state index in [1.165, 1.54) is 30.9 Å². The minimum Gasteiger partial charge on any atom is -0.296 e. The van der Waals surface area contributed by atoms with Gasteiger partial charge >= 0.3 is 7.75 Å². The Kier molecular flexibility index (Phi) is 4.60. The van der Waals surface area contributed by atoms with E-state index < -0.39 is 7.75 Å². The van der Waals surface area contributed by atoms with Gasteiger partial charge in [-0.3, -0.25) is 14.1 Å². The van der Waals surface area contributed by atoms with E-state index in [2.05, 4.69) is 25.9 Å². The molecule has 0 aromatic heterocycles. The van der Waals surface area contributed by atoms with Crippen molar-refractivity contribution in [1.82, 2.24) is 0 Å². The van der Waals surface area contributed by atoms with Crippen molar-refractivity contribution in [3.8, 4) is 0 Å².